The van der Waals surface area contributed by atoms with E-state index >= 15 is 0 Å². The molecule has 0 spiro atoms. The molecule has 0 aromatic heterocycles. The SMILES string of the molecule is CCCCCCCCCCCCN[C@@H](CC(=O)[O-])C(=O)[O-].[K+].[K+]. The molecule has 0 saturated carbocycles. The third-order valence-electron chi connectivity index (χ3n) is 3.58. The van der Waals surface area contributed by atoms with Gasteiger partial charge in [0, 0.05) is 12.4 Å². The number of nitrogens with one attached hydrogen (secondary N) is 1. The summed E-state index contributed by atoms with van der Waals surface area (Å²) in [5, 5.41) is 23.7. The van der Waals surface area contributed by atoms with Gasteiger partial charge >= 0.3 is 103 Å². The van der Waals surface area contributed by atoms with Crippen LogP contribution in [0.2, 0.25) is 0 Å². The third-order valence-corrected chi connectivity index (χ3v) is 3.58. The molecule has 0 aromatic rings. The van der Waals surface area contributed by atoms with Gasteiger partial charge in [0.1, 0.15) is 0 Å². The summed E-state index contributed by atoms with van der Waals surface area (Å²) in [5.41, 5.74) is 0. The Kier molecular flexibility index (Phi) is 28.9. The Morgan fingerprint density at radius 3 is 1.65 bits per heavy atom. The van der Waals surface area contributed by atoms with Gasteiger partial charge in [0.25, 0.3) is 0 Å². The molecule has 7 heteroatoms. The van der Waals surface area contributed by atoms with Gasteiger partial charge in [0.05, 0.1) is 12.0 Å². The van der Waals surface area contributed by atoms with Crippen molar-refractivity contribution in [2.75, 3.05) is 6.54 Å². The first kappa shape index (κ1) is 29.9. The number of rotatable bonds is 15. The minimum absolute atomic E-state index is 0. The molecule has 124 valence electrons. The molecule has 23 heavy (non-hydrogen) atoms. The molecule has 0 aromatic carbocycles. The minimum atomic E-state index is -1.38. The minimum Gasteiger partial charge on any atom is -0.550 e. The van der Waals surface area contributed by atoms with Gasteiger partial charge in [-0.15, -0.1) is 0 Å². The van der Waals surface area contributed by atoms with Crippen LogP contribution in [0.25, 0.3) is 0 Å². The Labute approximate surface area is 226 Å². The maximum Gasteiger partial charge on any atom is 1.00 e. The summed E-state index contributed by atoms with van der Waals surface area (Å²) >= 11 is 0. The Morgan fingerprint density at radius 2 is 1.26 bits per heavy atom. The van der Waals surface area contributed by atoms with E-state index in [1.54, 1.807) is 0 Å². The molecule has 0 heterocycles. The molecule has 0 fully saturated rings. The molecule has 0 aliphatic heterocycles. The summed E-state index contributed by atoms with van der Waals surface area (Å²) in [6.45, 7) is 2.72. The summed E-state index contributed by atoms with van der Waals surface area (Å²) in [7, 11) is 0. The molecule has 1 N–H and O–H groups in total. The van der Waals surface area contributed by atoms with Crippen LogP contribution in [0, 0.1) is 0 Å². The van der Waals surface area contributed by atoms with E-state index < -0.39 is 24.4 Å². The van der Waals surface area contributed by atoms with Gasteiger partial charge in [-0.1, -0.05) is 64.7 Å². The molecule has 0 radical (unpaired) electrons. The molecular weight excluding hydrogens is 348 g/mol. The quantitative estimate of drug-likeness (QED) is 0.227. The molecule has 0 aliphatic rings. The number of hydrogen-bond acceptors (Lipinski definition) is 5. The predicted molar refractivity (Wildman–Crippen MR) is 78.3 cm³/mol. The van der Waals surface area contributed by atoms with E-state index in [1.165, 1.54) is 44.9 Å². The van der Waals surface area contributed by atoms with Crippen LogP contribution >= 0.6 is 0 Å². The van der Waals surface area contributed by atoms with E-state index in [2.05, 4.69) is 12.2 Å². The molecule has 0 saturated heterocycles. The summed E-state index contributed by atoms with van der Waals surface area (Å²) in [5.74, 6) is -2.76. The van der Waals surface area contributed by atoms with Crippen LogP contribution in [-0.4, -0.2) is 24.5 Å². The molecule has 1 atom stereocenters. The summed E-state index contributed by atoms with van der Waals surface area (Å²) in [6, 6.07) is -1.14. The second kappa shape index (κ2) is 22.2. The van der Waals surface area contributed by atoms with Crippen molar-refractivity contribution < 1.29 is 123 Å². The summed E-state index contributed by atoms with van der Waals surface area (Å²) in [4.78, 5) is 21.1. The Balaban J connectivity index is -0.00000200. The van der Waals surface area contributed by atoms with Crippen LogP contribution in [0.4, 0.5) is 0 Å². The zero-order valence-electron chi connectivity index (χ0n) is 15.2. The van der Waals surface area contributed by atoms with Crippen molar-refractivity contribution in [3.8, 4) is 0 Å². The molecular formula is C16H29K2NO4. The third kappa shape index (κ3) is 22.1. The average Bonchev–Trinajstić information content (AvgIpc) is 2.42. The van der Waals surface area contributed by atoms with Crippen molar-refractivity contribution in [3.63, 3.8) is 0 Å². The zero-order chi connectivity index (χ0) is 15.9. The molecule has 5 nitrogen and oxygen atoms in total. The van der Waals surface area contributed by atoms with Crippen LogP contribution < -0.4 is 118 Å². The van der Waals surface area contributed by atoms with Crippen LogP contribution in [-0.2, 0) is 9.59 Å². The molecule has 0 aliphatic carbocycles. The first-order chi connectivity index (χ1) is 10.1. The van der Waals surface area contributed by atoms with Gasteiger partial charge in [-0.25, -0.2) is 0 Å². The standard InChI is InChI=1S/C16H31NO4.2K/c1-2-3-4-5-6-7-8-9-10-11-12-17-14(16(20)21)13-15(18)19;;/h14,17H,2-13H2,1H3,(H,18,19)(H,20,21);;/q;2*+1/p-2/t14-;;/m0../s1. The Hall–Kier alpha value is 2.17. The molecule has 0 rings (SSSR count). The van der Waals surface area contributed by atoms with E-state index in [0.717, 1.165) is 19.3 Å². The maximum absolute atomic E-state index is 10.7. The van der Waals surface area contributed by atoms with Crippen molar-refractivity contribution in [1.82, 2.24) is 5.32 Å². The average molecular weight is 378 g/mol. The molecule has 0 amide bonds. The van der Waals surface area contributed by atoms with Crippen LogP contribution in [0.1, 0.15) is 77.6 Å². The second-order valence-corrected chi connectivity index (χ2v) is 5.58. The van der Waals surface area contributed by atoms with Gasteiger partial charge < -0.3 is 25.1 Å². The van der Waals surface area contributed by atoms with Crippen molar-refractivity contribution in [2.45, 2.75) is 83.6 Å². The maximum atomic E-state index is 10.7. The predicted octanol–water partition coefficient (Wildman–Crippen LogP) is -5.24. The smallest absolute Gasteiger partial charge is 0.550 e. The molecule has 0 unspecified atom stereocenters. The largest absolute Gasteiger partial charge is 1.00 e. The fraction of sp³-hybridized carbons (Fsp3) is 0.875. The van der Waals surface area contributed by atoms with Gasteiger partial charge in [0.2, 0.25) is 0 Å². The molecule has 0 bridgehead atoms. The van der Waals surface area contributed by atoms with E-state index in [-0.39, 0.29) is 103 Å². The van der Waals surface area contributed by atoms with Crippen LogP contribution in [0.5, 0.6) is 0 Å². The summed E-state index contributed by atoms with van der Waals surface area (Å²) in [6.07, 6.45) is 11.5. The van der Waals surface area contributed by atoms with Gasteiger partial charge in [-0.3, -0.25) is 0 Å². The van der Waals surface area contributed by atoms with Crippen molar-refractivity contribution in [2.24, 2.45) is 0 Å². The van der Waals surface area contributed by atoms with Gasteiger partial charge in [-0.2, -0.15) is 0 Å². The number of unbranched alkanes of at least 4 members (excludes halogenated alkanes) is 9. The number of carboxylic acid groups (broad SMARTS) is 2. The normalized spacial score (nSPS) is 11.2. The fourth-order valence-electron chi connectivity index (χ4n) is 2.29. The monoisotopic (exact) mass is 377 g/mol. The second-order valence-electron chi connectivity index (χ2n) is 5.58. The van der Waals surface area contributed by atoms with Crippen LogP contribution in [0.3, 0.4) is 0 Å². The van der Waals surface area contributed by atoms with Crippen molar-refractivity contribution >= 4 is 11.9 Å². The van der Waals surface area contributed by atoms with Gasteiger partial charge in [0.15, 0.2) is 0 Å². The van der Waals surface area contributed by atoms with E-state index in [9.17, 15) is 19.8 Å². The first-order valence-electron chi connectivity index (χ1n) is 8.22. The number of carbonyl (C=O) groups is 2. The van der Waals surface area contributed by atoms with Crippen molar-refractivity contribution in [1.29, 1.82) is 0 Å². The zero-order valence-corrected chi connectivity index (χ0v) is 21.4. The Bertz CT molecular complexity index is 291. The summed E-state index contributed by atoms with van der Waals surface area (Å²) < 4.78 is 0. The Morgan fingerprint density at radius 1 is 0.826 bits per heavy atom. The van der Waals surface area contributed by atoms with Crippen LogP contribution in [0.15, 0.2) is 0 Å². The first-order valence-corrected chi connectivity index (χ1v) is 8.22. The number of aliphatic carboxylic acids is 2. The van der Waals surface area contributed by atoms with E-state index in [4.69, 9.17) is 0 Å². The topological polar surface area (TPSA) is 92.3 Å². The van der Waals surface area contributed by atoms with Gasteiger partial charge in [-0.05, 0) is 13.0 Å². The fourth-order valence-corrected chi connectivity index (χ4v) is 2.29. The number of hydrogen-bond donors (Lipinski definition) is 1. The van der Waals surface area contributed by atoms with Crippen molar-refractivity contribution in [3.05, 3.63) is 0 Å². The number of carboxylic acids is 2. The van der Waals surface area contributed by atoms with E-state index in [1.807, 2.05) is 0 Å². The van der Waals surface area contributed by atoms with E-state index in [0.29, 0.717) is 6.54 Å². The number of carbonyl (C=O) groups excluding carboxylic acids is 2.